The fourth-order valence-corrected chi connectivity index (χ4v) is 2.03. The Morgan fingerprint density at radius 3 is 2.76 bits per heavy atom. The van der Waals surface area contributed by atoms with Crippen molar-refractivity contribution in [2.75, 3.05) is 0 Å². The highest BCUT2D eigenvalue weighted by molar-refractivity contribution is 7.99. The minimum absolute atomic E-state index is 0.154. The average Bonchev–Trinajstić information content (AvgIpc) is 2.67. The predicted molar refractivity (Wildman–Crippen MR) is 61.5 cm³/mol. The van der Waals surface area contributed by atoms with Crippen LogP contribution in [0.15, 0.2) is 34.6 Å². The van der Waals surface area contributed by atoms with Gasteiger partial charge in [-0.05, 0) is 30.8 Å². The molecule has 0 N–H and O–H groups in total. The first-order valence-corrected chi connectivity index (χ1v) is 5.72. The van der Waals surface area contributed by atoms with Crippen molar-refractivity contribution in [2.45, 2.75) is 17.0 Å². The summed E-state index contributed by atoms with van der Waals surface area (Å²) in [6.07, 6.45) is 1.55. The highest BCUT2D eigenvalue weighted by Gasteiger charge is 2.10. The van der Waals surface area contributed by atoms with E-state index < -0.39 is 5.82 Å². The maximum atomic E-state index is 13.7. The Hall–Kier alpha value is -1.69. The minimum atomic E-state index is -0.425. The maximum Gasteiger partial charge on any atom is 0.195 e. The molecule has 0 fully saturated rings. The summed E-state index contributed by atoms with van der Waals surface area (Å²) in [6, 6.07) is 4.41. The molecule has 0 radical (unpaired) electrons. The molecule has 2 aromatic rings. The molecule has 0 aliphatic heterocycles. The van der Waals surface area contributed by atoms with Gasteiger partial charge in [0.25, 0.3) is 0 Å². The third-order valence-electron chi connectivity index (χ3n) is 2.21. The average molecular weight is 251 g/mol. The van der Waals surface area contributed by atoms with Gasteiger partial charge in [0.1, 0.15) is 12.1 Å². The monoisotopic (exact) mass is 251 g/mol. The molecule has 88 valence electrons. The van der Waals surface area contributed by atoms with Crippen molar-refractivity contribution in [1.29, 1.82) is 0 Å². The van der Waals surface area contributed by atoms with E-state index in [0.29, 0.717) is 15.6 Å². The molecule has 17 heavy (non-hydrogen) atoms. The number of aryl methyl sites for hydroxylation is 1. The van der Waals surface area contributed by atoms with Gasteiger partial charge in [-0.15, -0.1) is 10.2 Å². The Balaban J connectivity index is 2.29. The molecule has 2 rings (SSSR count). The molecule has 1 aromatic carbocycles. The van der Waals surface area contributed by atoms with E-state index >= 15 is 0 Å². The lowest BCUT2D eigenvalue weighted by molar-refractivity contribution is 0.101. The number of nitrogens with zero attached hydrogens (tertiary/aromatic N) is 3. The summed E-state index contributed by atoms with van der Waals surface area (Å²) in [5.41, 5.74) is 0.366. The van der Waals surface area contributed by atoms with Crippen LogP contribution in [0.25, 0.3) is 0 Å². The second-order valence-electron chi connectivity index (χ2n) is 3.53. The normalized spacial score (nSPS) is 10.5. The summed E-state index contributed by atoms with van der Waals surface area (Å²) < 4.78 is 15.4. The number of ketones is 1. The number of carbonyl (C=O) groups excluding carboxylic acids is 1. The van der Waals surface area contributed by atoms with Gasteiger partial charge in [-0.3, -0.25) is 4.79 Å². The van der Waals surface area contributed by atoms with Crippen molar-refractivity contribution >= 4 is 17.5 Å². The smallest absolute Gasteiger partial charge is 0.195 e. The van der Waals surface area contributed by atoms with Gasteiger partial charge in [-0.25, -0.2) is 4.39 Å². The number of benzene rings is 1. The molecule has 1 aromatic heterocycles. The molecule has 4 nitrogen and oxygen atoms in total. The zero-order chi connectivity index (χ0) is 12.4. The number of halogens is 1. The van der Waals surface area contributed by atoms with E-state index in [0.717, 1.165) is 0 Å². The predicted octanol–water partition coefficient (Wildman–Crippen LogP) is 2.31. The number of aromatic nitrogens is 3. The van der Waals surface area contributed by atoms with E-state index in [4.69, 9.17) is 0 Å². The molecule has 0 aliphatic carbocycles. The zero-order valence-corrected chi connectivity index (χ0v) is 10.2. The van der Waals surface area contributed by atoms with E-state index in [1.54, 1.807) is 30.1 Å². The van der Waals surface area contributed by atoms with Crippen molar-refractivity contribution in [3.63, 3.8) is 0 Å². The van der Waals surface area contributed by atoms with Crippen LogP contribution in [0.4, 0.5) is 4.39 Å². The summed E-state index contributed by atoms with van der Waals surface area (Å²) >= 11 is 1.17. The lowest BCUT2D eigenvalue weighted by atomic mass is 10.1. The maximum absolute atomic E-state index is 13.7. The number of carbonyl (C=O) groups is 1. The van der Waals surface area contributed by atoms with E-state index in [9.17, 15) is 9.18 Å². The summed E-state index contributed by atoms with van der Waals surface area (Å²) in [5.74, 6) is -0.579. The van der Waals surface area contributed by atoms with Gasteiger partial charge in [0, 0.05) is 12.6 Å². The van der Waals surface area contributed by atoms with Crippen LogP contribution >= 0.6 is 11.8 Å². The van der Waals surface area contributed by atoms with E-state index in [1.807, 2.05) is 0 Å². The van der Waals surface area contributed by atoms with E-state index in [1.165, 1.54) is 24.8 Å². The first-order chi connectivity index (χ1) is 8.08. The zero-order valence-electron chi connectivity index (χ0n) is 9.35. The number of hydrogen-bond donors (Lipinski definition) is 0. The van der Waals surface area contributed by atoms with Crippen LogP contribution in [0.5, 0.6) is 0 Å². The van der Waals surface area contributed by atoms with Gasteiger partial charge in [-0.2, -0.15) is 0 Å². The summed E-state index contributed by atoms with van der Waals surface area (Å²) in [6.45, 7) is 1.41. The Labute approximate surface area is 102 Å². The topological polar surface area (TPSA) is 47.8 Å². The Morgan fingerprint density at radius 2 is 2.24 bits per heavy atom. The molecule has 1 heterocycles. The second-order valence-corrected chi connectivity index (χ2v) is 4.54. The lowest BCUT2D eigenvalue weighted by Gasteiger charge is -2.03. The molecule has 0 aliphatic rings. The lowest BCUT2D eigenvalue weighted by Crippen LogP contribution is -1.95. The van der Waals surface area contributed by atoms with Crippen molar-refractivity contribution in [3.8, 4) is 0 Å². The van der Waals surface area contributed by atoms with E-state index in [-0.39, 0.29) is 5.78 Å². The summed E-state index contributed by atoms with van der Waals surface area (Å²) in [7, 11) is 1.78. The van der Waals surface area contributed by atoms with Gasteiger partial charge in [0.05, 0.1) is 4.90 Å². The standard InChI is InChI=1S/C11H10FN3OS/c1-7(16)8-3-4-10(9(12)5-8)17-11-14-13-6-15(11)2/h3-6H,1-2H3. The van der Waals surface area contributed by atoms with Gasteiger partial charge in [0.15, 0.2) is 10.9 Å². The van der Waals surface area contributed by atoms with Crippen LogP contribution in [0.1, 0.15) is 17.3 Å². The number of rotatable bonds is 3. The Bertz CT molecular complexity index is 568. The van der Waals surface area contributed by atoms with Crippen LogP contribution in [-0.2, 0) is 7.05 Å². The highest BCUT2D eigenvalue weighted by Crippen LogP contribution is 2.28. The first-order valence-electron chi connectivity index (χ1n) is 4.90. The second kappa shape index (κ2) is 4.67. The van der Waals surface area contributed by atoms with Gasteiger partial charge in [0.2, 0.25) is 0 Å². The van der Waals surface area contributed by atoms with Crippen LogP contribution in [0.2, 0.25) is 0 Å². The number of hydrogen-bond acceptors (Lipinski definition) is 4. The molecule has 0 spiro atoms. The Kier molecular flexibility index (Phi) is 3.23. The summed E-state index contributed by atoms with van der Waals surface area (Å²) in [5, 5.41) is 8.16. The SMILES string of the molecule is CC(=O)c1ccc(Sc2nncn2C)c(F)c1. The van der Waals surface area contributed by atoms with Gasteiger partial charge < -0.3 is 4.57 Å². The third kappa shape index (κ3) is 2.52. The van der Waals surface area contributed by atoms with Gasteiger partial charge in [-0.1, -0.05) is 6.07 Å². The Morgan fingerprint density at radius 1 is 1.47 bits per heavy atom. The third-order valence-corrected chi connectivity index (χ3v) is 3.31. The highest BCUT2D eigenvalue weighted by atomic mass is 32.2. The molecule has 0 saturated heterocycles. The molecule has 0 amide bonds. The van der Waals surface area contributed by atoms with Crippen molar-refractivity contribution < 1.29 is 9.18 Å². The fourth-order valence-electron chi connectivity index (χ4n) is 1.27. The van der Waals surface area contributed by atoms with Gasteiger partial charge >= 0.3 is 0 Å². The molecule has 0 unspecified atom stereocenters. The summed E-state index contributed by atoms with van der Waals surface area (Å²) in [4.78, 5) is 11.5. The fraction of sp³-hybridized carbons (Fsp3) is 0.182. The van der Waals surface area contributed by atoms with Crippen LogP contribution < -0.4 is 0 Å². The largest absolute Gasteiger partial charge is 0.311 e. The molecule has 0 bridgehead atoms. The van der Waals surface area contributed by atoms with E-state index in [2.05, 4.69) is 10.2 Å². The van der Waals surface area contributed by atoms with Crippen molar-refractivity contribution in [3.05, 3.63) is 35.9 Å². The number of Topliss-reactive ketones (excluding diaryl/α,β-unsaturated/α-hetero) is 1. The molecule has 6 heteroatoms. The molecular weight excluding hydrogens is 241 g/mol. The van der Waals surface area contributed by atoms with Crippen LogP contribution in [0, 0.1) is 5.82 Å². The van der Waals surface area contributed by atoms with Crippen LogP contribution in [-0.4, -0.2) is 20.5 Å². The molecular formula is C11H10FN3OS. The van der Waals surface area contributed by atoms with Crippen molar-refractivity contribution in [1.82, 2.24) is 14.8 Å². The van der Waals surface area contributed by atoms with Crippen molar-refractivity contribution in [2.24, 2.45) is 7.05 Å². The quantitative estimate of drug-likeness (QED) is 0.785. The first kappa shape index (κ1) is 11.8. The molecule has 0 saturated carbocycles. The molecule has 0 atom stereocenters. The van der Waals surface area contributed by atoms with Crippen LogP contribution in [0.3, 0.4) is 0 Å². The minimum Gasteiger partial charge on any atom is -0.311 e.